The number of rotatable bonds is 4. The smallest absolute Gasteiger partial charge is 0.243 e. The third-order valence-corrected chi connectivity index (χ3v) is 3.77. The molecule has 3 nitrogen and oxygen atoms in total. The fraction of sp³-hybridized carbons (Fsp3) is 0.0714. The first-order chi connectivity index (χ1) is 9.16. The summed E-state index contributed by atoms with van der Waals surface area (Å²) in [7, 11) is 0. The molecule has 0 aromatic heterocycles. The number of hydrogen-bond donors (Lipinski definition) is 2. The minimum atomic E-state index is -0.0890. The summed E-state index contributed by atoms with van der Waals surface area (Å²) in [5, 5.41) is 5.91. The van der Waals surface area contributed by atoms with E-state index in [1.807, 2.05) is 48.5 Å². The lowest BCUT2D eigenvalue weighted by Crippen LogP contribution is -2.22. The maximum Gasteiger partial charge on any atom is 0.243 e. The van der Waals surface area contributed by atoms with Crippen LogP contribution in [-0.2, 0) is 4.79 Å². The van der Waals surface area contributed by atoms with Gasteiger partial charge in [0, 0.05) is 14.6 Å². The molecule has 0 spiro atoms. The summed E-state index contributed by atoms with van der Waals surface area (Å²) in [6.45, 7) is 0.204. The molecule has 0 fully saturated rings. The zero-order chi connectivity index (χ0) is 13.7. The summed E-state index contributed by atoms with van der Waals surface area (Å²) in [5.74, 6) is -0.0890. The summed E-state index contributed by atoms with van der Waals surface area (Å²) < 4.78 is 1.82. The molecule has 0 heterocycles. The van der Waals surface area contributed by atoms with Crippen LogP contribution in [0.2, 0.25) is 0 Å². The van der Waals surface area contributed by atoms with Crippen molar-refractivity contribution in [3.05, 3.63) is 57.5 Å². The molecule has 2 N–H and O–H groups in total. The summed E-state index contributed by atoms with van der Waals surface area (Å²) in [6.07, 6.45) is 0. The lowest BCUT2D eigenvalue weighted by atomic mass is 10.3. The number of nitrogens with one attached hydrogen (secondary N) is 2. The number of amides is 1. The van der Waals surface area contributed by atoms with E-state index < -0.39 is 0 Å². The van der Waals surface area contributed by atoms with Crippen molar-refractivity contribution in [1.82, 2.24) is 0 Å². The fourth-order valence-corrected chi connectivity index (χ4v) is 2.84. The van der Waals surface area contributed by atoms with E-state index in [0.717, 1.165) is 20.3 Å². The molecular formula is C14H12Br2N2O. The van der Waals surface area contributed by atoms with Crippen molar-refractivity contribution in [1.29, 1.82) is 0 Å². The molecule has 0 saturated carbocycles. The largest absolute Gasteiger partial charge is 0.374 e. The van der Waals surface area contributed by atoms with E-state index in [0.29, 0.717) is 0 Å². The second kappa shape index (κ2) is 6.73. The van der Waals surface area contributed by atoms with Gasteiger partial charge in [-0.15, -0.1) is 0 Å². The van der Waals surface area contributed by atoms with Crippen LogP contribution in [0.3, 0.4) is 0 Å². The van der Waals surface area contributed by atoms with E-state index in [1.54, 1.807) is 0 Å². The highest BCUT2D eigenvalue weighted by Crippen LogP contribution is 2.30. The topological polar surface area (TPSA) is 41.1 Å². The molecule has 0 aliphatic rings. The minimum absolute atomic E-state index is 0.0890. The Hall–Kier alpha value is -1.33. The van der Waals surface area contributed by atoms with Crippen LogP contribution < -0.4 is 10.6 Å². The Morgan fingerprint density at radius 3 is 2.21 bits per heavy atom. The van der Waals surface area contributed by atoms with E-state index in [4.69, 9.17) is 0 Å². The van der Waals surface area contributed by atoms with Gasteiger partial charge in [-0.05, 0) is 56.1 Å². The second-order valence-corrected chi connectivity index (χ2v) is 5.57. The van der Waals surface area contributed by atoms with Gasteiger partial charge in [-0.3, -0.25) is 4.79 Å². The highest BCUT2D eigenvalue weighted by molar-refractivity contribution is 9.11. The molecule has 0 aliphatic heterocycles. The number of anilines is 2. The Bertz CT molecular complexity index is 553. The van der Waals surface area contributed by atoms with Crippen molar-refractivity contribution in [2.24, 2.45) is 0 Å². The maximum absolute atomic E-state index is 11.8. The van der Waals surface area contributed by atoms with Gasteiger partial charge >= 0.3 is 0 Å². The molecule has 0 saturated heterocycles. The number of para-hydroxylation sites is 2. The van der Waals surface area contributed by atoms with E-state index in [9.17, 15) is 4.79 Å². The Labute approximate surface area is 128 Å². The standard InChI is InChI=1S/C14H12Br2N2O/c15-11-7-4-8-12(16)14(11)17-9-13(19)18-10-5-2-1-3-6-10/h1-8,17H,9H2,(H,18,19). The highest BCUT2D eigenvalue weighted by atomic mass is 79.9. The molecule has 1 amide bonds. The van der Waals surface area contributed by atoms with Gasteiger partial charge in [0.2, 0.25) is 5.91 Å². The molecule has 0 bridgehead atoms. The minimum Gasteiger partial charge on any atom is -0.374 e. The highest BCUT2D eigenvalue weighted by Gasteiger charge is 2.06. The molecular weight excluding hydrogens is 372 g/mol. The van der Waals surface area contributed by atoms with Crippen molar-refractivity contribution < 1.29 is 4.79 Å². The number of hydrogen-bond acceptors (Lipinski definition) is 2. The van der Waals surface area contributed by atoms with Crippen molar-refractivity contribution in [3.63, 3.8) is 0 Å². The monoisotopic (exact) mass is 382 g/mol. The van der Waals surface area contributed by atoms with Crippen LogP contribution in [0, 0.1) is 0 Å². The number of benzene rings is 2. The first-order valence-corrected chi connectivity index (χ1v) is 7.28. The predicted octanol–water partition coefficient (Wildman–Crippen LogP) is 4.26. The summed E-state index contributed by atoms with van der Waals surface area (Å²) >= 11 is 6.88. The SMILES string of the molecule is O=C(CNc1c(Br)cccc1Br)Nc1ccccc1. The normalized spacial score (nSPS) is 10.0. The molecule has 0 atom stereocenters. The quantitative estimate of drug-likeness (QED) is 0.827. The van der Waals surface area contributed by atoms with E-state index in [1.165, 1.54) is 0 Å². The number of carbonyl (C=O) groups is 1. The first kappa shape index (κ1) is 14.1. The van der Waals surface area contributed by atoms with Crippen LogP contribution in [0.5, 0.6) is 0 Å². The van der Waals surface area contributed by atoms with Gasteiger partial charge in [0.05, 0.1) is 12.2 Å². The predicted molar refractivity (Wildman–Crippen MR) is 85.4 cm³/mol. The maximum atomic E-state index is 11.8. The van der Waals surface area contributed by atoms with Gasteiger partial charge in [0.1, 0.15) is 0 Å². The Balaban J connectivity index is 1.94. The molecule has 0 radical (unpaired) electrons. The second-order valence-electron chi connectivity index (χ2n) is 3.86. The molecule has 5 heteroatoms. The van der Waals surface area contributed by atoms with Crippen LogP contribution in [0.4, 0.5) is 11.4 Å². The summed E-state index contributed by atoms with van der Waals surface area (Å²) in [5.41, 5.74) is 1.66. The summed E-state index contributed by atoms with van der Waals surface area (Å²) in [4.78, 5) is 11.8. The van der Waals surface area contributed by atoms with Crippen molar-refractivity contribution in [2.75, 3.05) is 17.2 Å². The number of carbonyl (C=O) groups excluding carboxylic acids is 1. The Kier molecular flexibility index (Phi) is 4.99. The Morgan fingerprint density at radius 2 is 1.58 bits per heavy atom. The first-order valence-electron chi connectivity index (χ1n) is 5.69. The molecule has 0 unspecified atom stereocenters. The van der Waals surface area contributed by atoms with Gasteiger partial charge in [0.25, 0.3) is 0 Å². The van der Waals surface area contributed by atoms with Crippen LogP contribution in [0.15, 0.2) is 57.5 Å². The van der Waals surface area contributed by atoms with Crippen molar-refractivity contribution >= 4 is 49.1 Å². The third kappa shape index (κ3) is 4.08. The van der Waals surface area contributed by atoms with Gasteiger partial charge < -0.3 is 10.6 Å². The molecule has 0 aliphatic carbocycles. The number of halogens is 2. The average molecular weight is 384 g/mol. The van der Waals surface area contributed by atoms with Crippen LogP contribution in [0.25, 0.3) is 0 Å². The van der Waals surface area contributed by atoms with Gasteiger partial charge in [-0.2, -0.15) is 0 Å². The third-order valence-electron chi connectivity index (χ3n) is 2.45. The molecule has 19 heavy (non-hydrogen) atoms. The van der Waals surface area contributed by atoms with Gasteiger partial charge in [-0.25, -0.2) is 0 Å². The van der Waals surface area contributed by atoms with Gasteiger partial charge in [-0.1, -0.05) is 24.3 Å². The molecule has 2 aromatic carbocycles. The lowest BCUT2D eigenvalue weighted by Gasteiger charge is -2.10. The molecule has 2 aromatic rings. The fourth-order valence-electron chi connectivity index (χ4n) is 1.56. The van der Waals surface area contributed by atoms with Crippen LogP contribution in [-0.4, -0.2) is 12.5 Å². The molecule has 2 rings (SSSR count). The van der Waals surface area contributed by atoms with E-state index in [-0.39, 0.29) is 12.5 Å². The summed E-state index contributed by atoms with van der Waals surface area (Å²) in [6, 6.07) is 15.1. The molecule has 98 valence electrons. The van der Waals surface area contributed by atoms with Crippen molar-refractivity contribution in [3.8, 4) is 0 Å². The Morgan fingerprint density at radius 1 is 0.947 bits per heavy atom. The lowest BCUT2D eigenvalue weighted by molar-refractivity contribution is -0.114. The van der Waals surface area contributed by atoms with E-state index >= 15 is 0 Å². The average Bonchev–Trinajstić information content (AvgIpc) is 2.39. The van der Waals surface area contributed by atoms with Crippen LogP contribution in [0.1, 0.15) is 0 Å². The zero-order valence-corrected chi connectivity index (χ0v) is 13.2. The van der Waals surface area contributed by atoms with Crippen LogP contribution >= 0.6 is 31.9 Å². The van der Waals surface area contributed by atoms with Gasteiger partial charge in [0.15, 0.2) is 0 Å². The van der Waals surface area contributed by atoms with Crippen molar-refractivity contribution in [2.45, 2.75) is 0 Å². The van der Waals surface area contributed by atoms with E-state index in [2.05, 4.69) is 42.5 Å². The zero-order valence-electron chi connectivity index (χ0n) is 9.99.